The fourth-order valence-corrected chi connectivity index (χ4v) is 1.26. The van der Waals surface area contributed by atoms with E-state index in [0.29, 0.717) is 6.61 Å². The Balaban J connectivity index is 0. The fourth-order valence-electron chi connectivity index (χ4n) is 1.26. The molecule has 0 saturated carbocycles. The van der Waals surface area contributed by atoms with Crippen molar-refractivity contribution < 1.29 is 31.7 Å². The summed E-state index contributed by atoms with van der Waals surface area (Å²) >= 11 is 0. The molecule has 0 heterocycles. The van der Waals surface area contributed by atoms with Crippen molar-refractivity contribution in [3.8, 4) is 0 Å². The molecule has 4 heteroatoms. The second-order valence-corrected chi connectivity index (χ2v) is 3.89. The monoisotopic (exact) mass is 255 g/mol. The van der Waals surface area contributed by atoms with Gasteiger partial charge in [0.1, 0.15) is 0 Å². The van der Waals surface area contributed by atoms with Crippen molar-refractivity contribution >= 4 is 0 Å². The maximum absolute atomic E-state index is 8.65. The van der Waals surface area contributed by atoms with Gasteiger partial charge in [0, 0.05) is 19.6 Å². The van der Waals surface area contributed by atoms with Gasteiger partial charge >= 0.3 is 0 Å². The first-order chi connectivity index (χ1) is 5.62. The Morgan fingerprint density at radius 3 is 1.77 bits per heavy atom. The van der Waals surface area contributed by atoms with Gasteiger partial charge in [-0.2, -0.15) is 0 Å². The number of quaternary nitrogens is 1. The highest BCUT2D eigenvalue weighted by Gasteiger charge is 2.12. The topological polar surface area (TPSA) is 40.5 Å². The van der Waals surface area contributed by atoms with E-state index in [0.717, 1.165) is 36.8 Å². The lowest BCUT2D eigenvalue weighted by atomic mass is 10.2. The van der Waals surface area contributed by atoms with Crippen molar-refractivity contribution in [2.24, 2.45) is 0 Å². The third-order valence-electron chi connectivity index (χ3n) is 2.09. The van der Waals surface area contributed by atoms with Crippen LogP contribution in [0.5, 0.6) is 0 Å². The molecule has 2 N–H and O–H groups in total. The Morgan fingerprint density at radius 2 is 1.31 bits per heavy atom. The normalized spacial score (nSPS) is 11.1. The Labute approximate surface area is 91.7 Å². The Morgan fingerprint density at radius 1 is 0.846 bits per heavy atom. The molecule has 0 aromatic carbocycles. The van der Waals surface area contributed by atoms with E-state index in [2.05, 4.69) is 14.1 Å². The van der Waals surface area contributed by atoms with E-state index in [9.17, 15) is 0 Å². The van der Waals surface area contributed by atoms with E-state index in [-0.39, 0.29) is 23.6 Å². The molecule has 13 heavy (non-hydrogen) atoms. The molecule has 0 amide bonds. The van der Waals surface area contributed by atoms with Crippen molar-refractivity contribution in [1.29, 1.82) is 0 Å². The summed E-state index contributed by atoms with van der Waals surface area (Å²) < 4.78 is 0.945. The molecule has 0 aromatic rings. The first-order valence-corrected chi connectivity index (χ1v) is 4.66. The predicted octanol–water partition coefficient (Wildman–Crippen LogP) is -2.78. The van der Waals surface area contributed by atoms with Gasteiger partial charge in [0.25, 0.3) is 0 Å². The van der Waals surface area contributed by atoms with Crippen LogP contribution < -0.4 is 17.0 Å². The predicted molar refractivity (Wildman–Crippen MR) is 49.9 cm³/mol. The number of rotatable bonds is 7. The highest BCUT2D eigenvalue weighted by atomic mass is 79.9. The number of hydrogen-bond acceptors (Lipinski definition) is 2. The summed E-state index contributed by atoms with van der Waals surface area (Å²) in [5, 5.41) is 17.2. The molecule has 0 rings (SSSR count). The molecule has 82 valence electrons. The minimum absolute atomic E-state index is 0. The van der Waals surface area contributed by atoms with Crippen molar-refractivity contribution in [1.82, 2.24) is 0 Å². The number of unbranched alkanes of at least 4 members (excludes halogenated alkanes) is 1. The smallest absolute Gasteiger partial charge is 0.0804 e. The summed E-state index contributed by atoms with van der Waals surface area (Å²) in [5.74, 6) is 0. The SMILES string of the molecule is C[N+](C)(CCCO)CCCCO.[Br-]. The van der Waals surface area contributed by atoms with Crippen LogP contribution in [0.4, 0.5) is 0 Å². The van der Waals surface area contributed by atoms with E-state index < -0.39 is 0 Å². The summed E-state index contributed by atoms with van der Waals surface area (Å²) in [7, 11) is 4.32. The molecule has 0 radical (unpaired) electrons. The highest BCUT2D eigenvalue weighted by Crippen LogP contribution is 2.02. The molecule has 0 aliphatic rings. The van der Waals surface area contributed by atoms with E-state index in [4.69, 9.17) is 10.2 Å². The Bertz CT molecular complexity index is 110. The molecule has 0 aromatic heterocycles. The molecule has 0 saturated heterocycles. The van der Waals surface area contributed by atoms with Crippen LogP contribution in [0.3, 0.4) is 0 Å². The second-order valence-electron chi connectivity index (χ2n) is 3.89. The standard InChI is InChI=1S/C9H22NO2.BrH/c1-10(2,7-5-9-12)6-3-4-8-11;/h11-12H,3-9H2,1-2H3;1H/q+1;/p-1. The first kappa shape index (κ1) is 15.8. The molecule has 0 atom stereocenters. The van der Waals surface area contributed by atoms with Gasteiger partial charge < -0.3 is 31.7 Å². The third kappa shape index (κ3) is 10.3. The Kier molecular flexibility index (Phi) is 10.9. The average molecular weight is 256 g/mol. The minimum atomic E-state index is 0. The van der Waals surface area contributed by atoms with E-state index >= 15 is 0 Å². The molecule has 0 aliphatic carbocycles. The van der Waals surface area contributed by atoms with Gasteiger partial charge in [-0.1, -0.05) is 0 Å². The molecular formula is C9H22BrNO2. The Hall–Kier alpha value is 0.360. The van der Waals surface area contributed by atoms with Gasteiger partial charge in [0.2, 0.25) is 0 Å². The van der Waals surface area contributed by atoms with Crippen molar-refractivity contribution in [3.63, 3.8) is 0 Å². The minimum Gasteiger partial charge on any atom is -1.00 e. The molecule has 0 fully saturated rings. The number of halogens is 1. The number of hydrogen-bond donors (Lipinski definition) is 2. The summed E-state index contributed by atoms with van der Waals surface area (Å²) in [6, 6.07) is 0. The summed E-state index contributed by atoms with van der Waals surface area (Å²) in [6.45, 7) is 2.67. The van der Waals surface area contributed by atoms with E-state index in [1.807, 2.05) is 0 Å². The average Bonchev–Trinajstić information content (AvgIpc) is 2.01. The van der Waals surface area contributed by atoms with Crippen molar-refractivity contribution in [3.05, 3.63) is 0 Å². The van der Waals surface area contributed by atoms with Crippen LogP contribution in [0, 0.1) is 0 Å². The van der Waals surface area contributed by atoms with Crippen molar-refractivity contribution in [2.75, 3.05) is 40.4 Å². The van der Waals surface area contributed by atoms with E-state index in [1.165, 1.54) is 0 Å². The lowest BCUT2D eigenvalue weighted by molar-refractivity contribution is -0.890. The zero-order valence-corrected chi connectivity index (χ0v) is 10.3. The van der Waals surface area contributed by atoms with Gasteiger partial charge in [-0.15, -0.1) is 0 Å². The fraction of sp³-hybridized carbons (Fsp3) is 1.00. The van der Waals surface area contributed by atoms with Crippen LogP contribution in [-0.4, -0.2) is 55.1 Å². The summed E-state index contributed by atoms with van der Waals surface area (Å²) in [4.78, 5) is 0. The zero-order chi connectivity index (χ0) is 9.45. The van der Waals surface area contributed by atoms with Gasteiger partial charge in [0.15, 0.2) is 0 Å². The molecule has 0 aliphatic heterocycles. The molecular weight excluding hydrogens is 234 g/mol. The van der Waals surface area contributed by atoms with Gasteiger partial charge in [-0.25, -0.2) is 0 Å². The molecule has 3 nitrogen and oxygen atoms in total. The largest absolute Gasteiger partial charge is 1.00 e. The quantitative estimate of drug-likeness (QED) is 0.382. The van der Waals surface area contributed by atoms with E-state index in [1.54, 1.807) is 0 Å². The zero-order valence-electron chi connectivity index (χ0n) is 8.67. The maximum Gasteiger partial charge on any atom is 0.0804 e. The van der Waals surface area contributed by atoms with Crippen LogP contribution in [0.1, 0.15) is 19.3 Å². The van der Waals surface area contributed by atoms with Crippen LogP contribution >= 0.6 is 0 Å². The van der Waals surface area contributed by atoms with Gasteiger partial charge in [-0.05, 0) is 12.8 Å². The lowest BCUT2D eigenvalue weighted by Gasteiger charge is -2.29. The third-order valence-corrected chi connectivity index (χ3v) is 2.09. The van der Waals surface area contributed by atoms with Crippen LogP contribution in [0.25, 0.3) is 0 Å². The van der Waals surface area contributed by atoms with Gasteiger partial charge in [0.05, 0.1) is 27.2 Å². The first-order valence-electron chi connectivity index (χ1n) is 4.66. The lowest BCUT2D eigenvalue weighted by Crippen LogP contribution is -3.00. The molecule has 0 spiro atoms. The van der Waals surface area contributed by atoms with Crippen molar-refractivity contribution in [2.45, 2.75) is 19.3 Å². The molecule has 0 unspecified atom stereocenters. The van der Waals surface area contributed by atoms with Gasteiger partial charge in [-0.3, -0.25) is 0 Å². The van der Waals surface area contributed by atoms with Crippen LogP contribution in [-0.2, 0) is 0 Å². The maximum atomic E-state index is 8.65. The second kappa shape index (κ2) is 8.94. The van der Waals surface area contributed by atoms with Crippen LogP contribution in [0.2, 0.25) is 0 Å². The number of aliphatic hydroxyl groups excluding tert-OH is 2. The number of nitrogens with zero attached hydrogens (tertiary/aromatic N) is 1. The highest BCUT2D eigenvalue weighted by molar-refractivity contribution is 4.39. The molecule has 0 bridgehead atoms. The summed E-state index contributed by atoms with van der Waals surface area (Å²) in [6.07, 6.45) is 2.82. The van der Waals surface area contributed by atoms with Crippen LogP contribution in [0.15, 0.2) is 0 Å². The number of aliphatic hydroxyl groups is 2. The summed E-state index contributed by atoms with van der Waals surface area (Å²) in [5.41, 5.74) is 0.